The van der Waals surface area contributed by atoms with E-state index >= 15 is 0 Å². The minimum atomic E-state index is -4.56. The first-order valence-corrected chi connectivity index (χ1v) is 3.85. The molecule has 1 aromatic heterocycles. The van der Waals surface area contributed by atoms with Crippen molar-refractivity contribution >= 4 is 0 Å². The van der Waals surface area contributed by atoms with Gasteiger partial charge in [-0.3, -0.25) is 4.79 Å². The van der Waals surface area contributed by atoms with E-state index in [-0.39, 0.29) is 12.0 Å². The Morgan fingerprint density at radius 2 is 2.07 bits per heavy atom. The summed E-state index contributed by atoms with van der Waals surface area (Å²) in [6.07, 6.45) is -3.72. The predicted molar refractivity (Wildman–Crippen MR) is 42.9 cm³/mol. The molecule has 1 rings (SSSR count). The summed E-state index contributed by atoms with van der Waals surface area (Å²) in [5, 5.41) is 8.52. The highest BCUT2D eigenvalue weighted by atomic mass is 19.4. The second kappa shape index (κ2) is 3.83. The summed E-state index contributed by atoms with van der Waals surface area (Å²) in [4.78, 5) is 12.8. The van der Waals surface area contributed by atoms with Crippen LogP contribution in [0.3, 0.4) is 0 Å². The van der Waals surface area contributed by atoms with Gasteiger partial charge >= 0.3 is 6.18 Å². The minimum absolute atomic E-state index is 0.111. The molecule has 2 N–H and O–H groups in total. The normalized spacial score (nSPS) is 11.7. The van der Waals surface area contributed by atoms with Gasteiger partial charge in [-0.1, -0.05) is 0 Å². The molecule has 0 saturated carbocycles. The molecule has 0 atom stereocenters. The molecule has 78 valence electrons. The zero-order chi connectivity index (χ0) is 10.8. The number of nitrogens with one attached hydrogen (secondary N) is 1. The average Bonchev–Trinajstić information content (AvgIpc) is 2.07. The van der Waals surface area contributed by atoms with E-state index in [1.807, 2.05) is 0 Å². The molecule has 0 aliphatic carbocycles. The van der Waals surface area contributed by atoms with Crippen molar-refractivity contribution in [2.45, 2.75) is 12.6 Å². The van der Waals surface area contributed by atoms with E-state index in [0.717, 1.165) is 6.20 Å². The lowest BCUT2D eigenvalue weighted by molar-refractivity contribution is -0.138. The van der Waals surface area contributed by atoms with Gasteiger partial charge in [0, 0.05) is 18.9 Å². The number of pyridine rings is 1. The maximum absolute atomic E-state index is 12.3. The van der Waals surface area contributed by atoms with Gasteiger partial charge in [0.1, 0.15) is 0 Å². The Labute approximate surface area is 77.2 Å². The topological polar surface area (TPSA) is 53.1 Å². The van der Waals surface area contributed by atoms with Crippen LogP contribution in [0.4, 0.5) is 13.2 Å². The number of hydrogen-bond donors (Lipinski definition) is 2. The number of aromatic nitrogens is 1. The summed E-state index contributed by atoms with van der Waals surface area (Å²) < 4.78 is 37.0. The van der Waals surface area contributed by atoms with E-state index in [9.17, 15) is 18.0 Å². The fourth-order valence-electron chi connectivity index (χ4n) is 1.09. The zero-order valence-corrected chi connectivity index (χ0v) is 7.06. The maximum atomic E-state index is 12.3. The Morgan fingerprint density at radius 1 is 1.43 bits per heavy atom. The van der Waals surface area contributed by atoms with E-state index in [2.05, 4.69) is 4.98 Å². The van der Waals surface area contributed by atoms with E-state index in [0.29, 0.717) is 6.07 Å². The number of halogens is 3. The molecule has 1 heterocycles. The molecule has 0 radical (unpaired) electrons. The number of alkyl halides is 3. The highest BCUT2D eigenvalue weighted by Crippen LogP contribution is 2.30. The van der Waals surface area contributed by atoms with Crippen molar-refractivity contribution in [3.8, 4) is 0 Å². The molecule has 0 aliphatic rings. The first-order chi connectivity index (χ1) is 6.45. The van der Waals surface area contributed by atoms with Crippen molar-refractivity contribution in [1.82, 2.24) is 4.98 Å². The first-order valence-electron chi connectivity index (χ1n) is 3.85. The Bertz CT molecular complexity index is 370. The molecule has 3 nitrogen and oxygen atoms in total. The van der Waals surface area contributed by atoms with Gasteiger partial charge in [0.25, 0.3) is 0 Å². The number of aliphatic hydroxyl groups is 1. The monoisotopic (exact) mass is 207 g/mol. The Hall–Kier alpha value is -1.30. The van der Waals surface area contributed by atoms with Gasteiger partial charge in [0.05, 0.1) is 5.56 Å². The van der Waals surface area contributed by atoms with Crippen LogP contribution in [0.2, 0.25) is 0 Å². The number of aromatic amines is 1. The van der Waals surface area contributed by atoms with Crippen LogP contribution in [0.1, 0.15) is 11.1 Å². The second-order valence-corrected chi connectivity index (χ2v) is 2.71. The maximum Gasteiger partial charge on any atom is 0.416 e. The van der Waals surface area contributed by atoms with E-state index < -0.39 is 23.9 Å². The summed E-state index contributed by atoms with van der Waals surface area (Å²) in [7, 11) is 0. The molecule has 0 spiro atoms. The molecule has 1 aromatic rings. The van der Waals surface area contributed by atoms with Crippen LogP contribution in [0.5, 0.6) is 0 Å². The molecular formula is C8H8F3NO2. The summed E-state index contributed by atoms with van der Waals surface area (Å²) in [6, 6.07) is 0.491. The van der Waals surface area contributed by atoms with Crippen LogP contribution in [0.25, 0.3) is 0 Å². The Kier molecular flexibility index (Phi) is 2.95. The first kappa shape index (κ1) is 10.8. The summed E-state index contributed by atoms with van der Waals surface area (Å²) in [6.45, 7) is -0.394. The van der Waals surface area contributed by atoms with E-state index in [1.165, 1.54) is 0 Å². The molecule has 14 heavy (non-hydrogen) atoms. The number of hydrogen-bond acceptors (Lipinski definition) is 2. The van der Waals surface area contributed by atoms with E-state index in [4.69, 9.17) is 5.11 Å². The number of H-pyrrole nitrogens is 1. The van der Waals surface area contributed by atoms with Crippen LogP contribution in [0.15, 0.2) is 17.1 Å². The lowest BCUT2D eigenvalue weighted by atomic mass is 10.1. The zero-order valence-electron chi connectivity index (χ0n) is 7.06. The van der Waals surface area contributed by atoms with Crippen molar-refractivity contribution in [1.29, 1.82) is 0 Å². The number of aliphatic hydroxyl groups excluding tert-OH is 1. The van der Waals surface area contributed by atoms with Crippen molar-refractivity contribution in [2.75, 3.05) is 6.61 Å². The van der Waals surface area contributed by atoms with Crippen molar-refractivity contribution in [3.05, 3.63) is 33.7 Å². The minimum Gasteiger partial charge on any atom is -0.396 e. The fraction of sp³-hybridized carbons (Fsp3) is 0.375. The molecule has 6 heteroatoms. The third-order valence-electron chi connectivity index (χ3n) is 1.70. The van der Waals surface area contributed by atoms with E-state index in [1.54, 1.807) is 0 Å². The summed E-state index contributed by atoms with van der Waals surface area (Å²) in [5.74, 6) is 0. The van der Waals surface area contributed by atoms with Gasteiger partial charge in [-0.15, -0.1) is 0 Å². The van der Waals surface area contributed by atoms with Gasteiger partial charge in [-0.2, -0.15) is 13.2 Å². The molecule has 0 fully saturated rings. The summed E-state index contributed by atoms with van der Waals surface area (Å²) in [5.41, 5.74) is -1.91. The standard InChI is InChI=1S/C8H8F3NO2/c9-8(10,11)6-3-7(14)12-4-5(6)1-2-13/h3-4,13H,1-2H2,(H,12,14). The quantitative estimate of drug-likeness (QED) is 0.757. The molecule has 0 aliphatic heterocycles. The summed E-state index contributed by atoms with van der Waals surface area (Å²) >= 11 is 0. The van der Waals surface area contributed by atoms with Gasteiger partial charge < -0.3 is 10.1 Å². The van der Waals surface area contributed by atoms with Crippen LogP contribution in [0, 0.1) is 0 Å². The van der Waals surface area contributed by atoms with Gasteiger partial charge in [-0.05, 0) is 12.0 Å². The predicted octanol–water partition coefficient (Wildman–Crippen LogP) is 0.928. The highest BCUT2D eigenvalue weighted by molar-refractivity contribution is 5.26. The average molecular weight is 207 g/mol. The molecule has 0 unspecified atom stereocenters. The van der Waals surface area contributed by atoms with Gasteiger partial charge in [0.2, 0.25) is 5.56 Å². The molecular weight excluding hydrogens is 199 g/mol. The molecule has 0 aromatic carbocycles. The van der Waals surface area contributed by atoms with Gasteiger partial charge in [-0.25, -0.2) is 0 Å². The molecule has 0 bridgehead atoms. The second-order valence-electron chi connectivity index (χ2n) is 2.71. The molecule has 0 amide bonds. The lowest BCUT2D eigenvalue weighted by Crippen LogP contribution is -2.16. The smallest absolute Gasteiger partial charge is 0.396 e. The van der Waals surface area contributed by atoms with Crippen molar-refractivity contribution < 1.29 is 18.3 Å². The van der Waals surface area contributed by atoms with Crippen molar-refractivity contribution in [2.24, 2.45) is 0 Å². The lowest BCUT2D eigenvalue weighted by Gasteiger charge is -2.10. The van der Waals surface area contributed by atoms with Crippen molar-refractivity contribution in [3.63, 3.8) is 0 Å². The Morgan fingerprint density at radius 3 is 2.57 bits per heavy atom. The third kappa shape index (κ3) is 2.35. The van der Waals surface area contributed by atoms with Crippen LogP contribution in [-0.2, 0) is 12.6 Å². The Balaban J connectivity index is 3.23. The third-order valence-corrected chi connectivity index (χ3v) is 1.70. The van der Waals surface area contributed by atoms with Crippen LogP contribution < -0.4 is 5.56 Å². The highest BCUT2D eigenvalue weighted by Gasteiger charge is 2.33. The number of rotatable bonds is 2. The SMILES string of the molecule is O=c1cc(C(F)(F)F)c(CCO)c[nH]1. The van der Waals surface area contributed by atoms with Crippen LogP contribution in [-0.4, -0.2) is 16.7 Å². The van der Waals surface area contributed by atoms with Gasteiger partial charge in [0.15, 0.2) is 0 Å². The largest absolute Gasteiger partial charge is 0.416 e. The fourth-order valence-corrected chi connectivity index (χ4v) is 1.09. The van der Waals surface area contributed by atoms with Crippen LogP contribution >= 0.6 is 0 Å². The molecule has 0 saturated heterocycles.